The maximum absolute atomic E-state index is 14.1. The van der Waals surface area contributed by atoms with Crippen LogP contribution in [0.2, 0.25) is 0 Å². The second kappa shape index (κ2) is 6.92. The van der Waals surface area contributed by atoms with E-state index in [1.165, 1.54) is 0 Å². The summed E-state index contributed by atoms with van der Waals surface area (Å²) in [6, 6.07) is 0. The molecule has 4 saturated carbocycles. The average Bonchev–Trinajstić information content (AvgIpc) is 3.32. The van der Waals surface area contributed by atoms with Gasteiger partial charge in [-0.15, -0.1) is 0 Å². The SMILES string of the molecule is CC(C)C1=CC2CC3(C=O)[C@@H]4CC[C@@H](C)[C@H]4CC2(C(=O)OC2CCCCC2)C13C(=O)O. The molecule has 170 valence electrons. The monoisotopic (exact) mass is 428 g/mol. The number of carbonyl (C=O) groups excluding carboxylic acids is 2. The first kappa shape index (κ1) is 21.2. The molecule has 0 radical (unpaired) electrons. The van der Waals surface area contributed by atoms with Crippen LogP contribution in [-0.4, -0.2) is 29.4 Å². The lowest BCUT2D eigenvalue weighted by molar-refractivity contribution is -0.198. The smallest absolute Gasteiger partial charge is 0.316 e. The fourth-order valence-corrected chi connectivity index (χ4v) is 9.00. The van der Waals surface area contributed by atoms with E-state index in [1.807, 2.05) is 13.8 Å². The minimum atomic E-state index is -1.46. The largest absolute Gasteiger partial charge is 0.481 e. The number of esters is 1. The van der Waals surface area contributed by atoms with Crippen molar-refractivity contribution in [3.8, 4) is 0 Å². The minimum Gasteiger partial charge on any atom is -0.481 e. The van der Waals surface area contributed by atoms with E-state index in [1.54, 1.807) is 0 Å². The van der Waals surface area contributed by atoms with E-state index >= 15 is 0 Å². The Morgan fingerprint density at radius 3 is 2.45 bits per heavy atom. The van der Waals surface area contributed by atoms with Gasteiger partial charge < -0.3 is 14.6 Å². The summed E-state index contributed by atoms with van der Waals surface area (Å²) >= 11 is 0. The maximum atomic E-state index is 14.1. The summed E-state index contributed by atoms with van der Waals surface area (Å²) in [5, 5.41) is 10.9. The predicted octanol–water partition coefficient (Wildman–Crippen LogP) is 4.79. The molecule has 5 rings (SSSR count). The highest BCUT2D eigenvalue weighted by Gasteiger charge is 2.87. The van der Waals surface area contributed by atoms with Gasteiger partial charge in [-0.25, -0.2) is 0 Å². The lowest BCUT2D eigenvalue weighted by Crippen LogP contribution is -2.65. The lowest BCUT2D eigenvalue weighted by atomic mass is 9.42. The number of hydrogen-bond donors (Lipinski definition) is 1. The predicted molar refractivity (Wildman–Crippen MR) is 115 cm³/mol. The fraction of sp³-hybridized carbons (Fsp3) is 0.808. The number of ether oxygens (including phenoxy) is 1. The number of carboxylic acids is 1. The van der Waals surface area contributed by atoms with E-state index in [2.05, 4.69) is 13.0 Å². The van der Waals surface area contributed by atoms with Gasteiger partial charge in [0, 0.05) is 0 Å². The molecule has 5 aliphatic rings. The zero-order chi connectivity index (χ0) is 22.2. The molecule has 0 amide bonds. The first-order valence-electron chi connectivity index (χ1n) is 12.4. The lowest BCUT2D eigenvalue weighted by Gasteiger charge is -2.57. The van der Waals surface area contributed by atoms with Crippen molar-refractivity contribution in [3.05, 3.63) is 11.6 Å². The molecule has 4 bridgehead atoms. The van der Waals surface area contributed by atoms with Crippen molar-refractivity contribution in [1.29, 1.82) is 0 Å². The molecule has 4 fully saturated rings. The molecular weight excluding hydrogens is 392 g/mol. The highest BCUT2D eigenvalue weighted by molar-refractivity contribution is 5.98. The topological polar surface area (TPSA) is 80.7 Å². The zero-order valence-corrected chi connectivity index (χ0v) is 19.1. The Kier molecular flexibility index (Phi) is 4.74. The van der Waals surface area contributed by atoms with E-state index in [-0.39, 0.29) is 35.7 Å². The normalized spacial score (nSPS) is 46.0. The molecule has 5 aliphatic carbocycles. The molecule has 0 aromatic heterocycles. The van der Waals surface area contributed by atoms with Gasteiger partial charge in [-0.2, -0.15) is 0 Å². The van der Waals surface area contributed by atoms with Gasteiger partial charge in [-0.3, -0.25) is 9.59 Å². The summed E-state index contributed by atoms with van der Waals surface area (Å²) in [7, 11) is 0. The Bertz CT molecular complexity index is 839. The number of aliphatic carboxylic acids is 1. The van der Waals surface area contributed by atoms with Crippen molar-refractivity contribution >= 4 is 18.2 Å². The Hall–Kier alpha value is -1.65. The first-order valence-corrected chi connectivity index (χ1v) is 12.4. The van der Waals surface area contributed by atoms with E-state index in [9.17, 15) is 19.5 Å². The Labute approximate surface area is 185 Å². The fourth-order valence-electron chi connectivity index (χ4n) is 9.00. The third-order valence-corrected chi connectivity index (χ3v) is 10.1. The standard InChI is InChI=1S/C26H36O5/c1-15(2)21-11-17-12-24(14-27)20-10-9-16(3)19(20)13-25(17,26(21,24)22(28)29)23(30)31-18-7-5-4-6-8-18/h11,14-20H,4-10,12-13H2,1-3H3,(H,28,29)/t16-,17?,19-,20-,24?,25?,26?/m1/s1. The summed E-state index contributed by atoms with van der Waals surface area (Å²) in [5.41, 5.74) is -2.81. The van der Waals surface area contributed by atoms with Crippen LogP contribution in [0, 0.1) is 45.8 Å². The molecule has 0 saturated heterocycles. The number of allylic oxidation sites excluding steroid dienone is 1. The summed E-state index contributed by atoms with van der Waals surface area (Å²) in [5.74, 6) is -0.922. The third kappa shape index (κ3) is 2.31. The molecule has 7 atom stereocenters. The van der Waals surface area contributed by atoms with Crippen LogP contribution in [0.15, 0.2) is 11.6 Å². The van der Waals surface area contributed by atoms with Crippen molar-refractivity contribution in [2.24, 2.45) is 45.8 Å². The van der Waals surface area contributed by atoms with E-state index < -0.39 is 22.2 Å². The van der Waals surface area contributed by atoms with E-state index in [0.717, 1.165) is 56.8 Å². The number of rotatable bonds is 5. The van der Waals surface area contributed by atoms with Crippen LogP contribution < -0.4 is 0 Å². The molecule has 0 spiro atoms. The van der Waals surface area contributed by atoms with E-state index in [4.69, 9.17) is 4.74 Å². The number of hydrogen-bond acceptors (Lipinski definition) is 4. The van der Waals surface area contributed by atoms with Gasteiger partial charge in [0.15, 0.2) is 0 Å². The van der Waals surface area contributed by atoms with Gasteiger partial charge >= 0.3 is 11.9 Å². The van der Waals surface area contributed by atoms with E-state index in [0.29, 0.717) is 18.8 Å². The van der Waals surface area contributed by atoms with Crippen LogP contribution in [0.3, 0.4) is 0 Å². The van der Waals surface area contributed by atoms with Crippen LogP contribution in [-0.2, 0) is 19.1 Å². The van der Waals surface area contributed by atoms with Crippen molar-refractivity contribution < 1.29 is 24.2 Å². The van der Waals surface area contributed by atoms with Gasteiger partial charge in [-0.1, -0.05) is 45.3 Å². The summed E-state index contributed by atoms with van der Waals surface area (Å²) in [4.78, 5) is 40.4. The quantitative estimate of drug-likeness (QED) is 0.387. The van der Waals surface area contributed by atoms with Gasteiger partial charge in [0.1, 0.15) is 17.8 Å². The van der Waals surface area contributed by atoms with Crippen LogP contribution in [0.25, 0.3) is 0 Å². The van der Waals surface area contributed by atoms with Crippen molar-refractivity contribution in [2.45, 2.75) is 84.7 Å². The van der Waals surface area contributed by atoms with Crippen molar-refractivity contribution in [3.63, 3.8) is 0 Å². The van der Waals surface area contributed by atoms with Gasteiger partial charge in [0.25, 0.3) is 0 Å². The average molecular weight is 429 g/mol. The van der Waals surface area contributed by atoms with Crippen LogP contribution in [0.5, 0.6) is 0 Å². The third-order valence-electron chi connectivity index (χ3n) is 10.1. The highest BCUT2D eigenvalue weighted by atomic mass is 16.5. The second-order valence-electron chi connectivity index (χ2n) is 11.5. The molecule has 0 aromatic rings. The molecule has 4 unspecified atom stereocenters. The maximum Gasteiger partial charge on any atom is 0.316 e. The van der Waals surface area contributed by atoms with Gasteiger partial charge in [0.2, 0.25) is 0 Å². The van der Waals surface area contributed by atoms with Crippen molar-refractivity contribution in [1.82, 2.24) is 0 Å². The van der Waals surface area contributed by atoms with Crippen LogP contribution >= 0.6 is 0 Å². The Morgan fingerprint density at radius 2 is 1.84 bits per heavy atom. The zero-order valence-electron chi connectivity index (χ0n) is 19.1. The second-order valence-corrected chi connectivity index (χ2v) is 11.5. The molecule has 0 heterocycles. The van der Waals surface area contributed by atoms with Crippen molar-refractivity contribution in [2.75, 3.05) is 0 Å². The molecule has 0 aliphatic heterocycles. The van der Waals surface area contributed by atoms with Gasteiger partial charge in [0.05, 0.1) is 10.8 Å². The van der Waals surface area contributed by atoms with Crippen LogP contribution in [0.4, 0.5) is 0 Å². The van der Waals surface area contributed by atoms with Crippen LogP contribution in [0.1, 0.15) is 78.6 Å². The molecule has 5 nitrogen and oxygen atoms in total. The number of fused-ring (bicyclic) bond motifs is 2. The number of carbonyl (C=O) groups is 3. The number of aldehydes is 1. The molecule has 5 heteroatoms. The van der Waals surface area contributed by atoms with Gasteiger partial charge in [-0.05, 0) is 74.5 Å². The summed E-state index contributed by atoms with van der Waals surface area (Å²) < 4.78 is 6.16. The molecule has 1 N–H and O–H groups in total. The molecule has 31 heavy (non-hydrogen) atoms. The summed E-state index contributed by atoms with van der Waals surface area (Å²) in [6.07, 6.45) is 10.8. The molecular formula is C26H36O5. The first-order chi connectivity index (χ1) is 14.8. The summed E-state index contributed by atoms with van der Waals surface area (Å²) in [6.45, 7) is 6.21. The Balaban J connectivity index is 1.69. The highest BCUT2D eigenvalue weighted by Crippen LogP contribution is 2.82. The Morgan fingerprint density at radius 1 is 1.13 bits per heavy atom. The molecule has 0 aromatic carbocycles. The minimum absolute atomic E-state index is 0.0297. The number of carboxylic acid groups (broad SMARTS) is 1.